The second kappa shape index (κ2) is 7.29. The van der Waals surface area contributed by atoms with Crippen molar-refractivity contribution in [1.82, 2.24) is 4.98 Å². The number of nitrogens with one attached hydrogen (secondary N) is 1. The van der Waals surface area contributed by atoms with Crippen molar-refractivity contribution in [2.75, 3.05) is 11.9 Å². The molecule has 0 radical (unpaired) electrons. The van der Waals surface area contributed by atoms with Gasteiger partial charge in [-0.15, -0.1) is 0 Å². The molecule has 3 nitrogen and oxygen atoms in total. The van der Waals surface area contributed by atoms with Gasteiger partial charge in [0.25, 0.3) is 0 Å². The van der Waals surface area contributed by atoms with E-state index in [1.165, 1.54) is 5.56 Å². The van der Waals surface area contributed by atoms with Gasteiger partial charge in [-0.05, 0) is 44.0 Å². The highest BCUT2D eigenvalue weighted by atomic mass is 79.9. The van der Waals surface area contributed by atoms with Gasteiger partial charge in [0.05, 0.1) is 18.5 Å². The van der Waals surface area contributed by atoms with E-state index in [4.69, 9.17) is 4.74 Å². The van der Waals surface area contributed by atoms with Crippen LogP contribution >= 0.6 is 15.9 Å². The monoisotopic (exact) mass is 334 g/mol. The normalized spacial score (nSPS) is 11.9. The van der Waals surface area contributed by atoms with Gasteiger partial charge < -0.3 is 10.1 Å². The fraction of sp³-hybridized carbons (Fsp3) is 0.312. The van der Waals surface area contributed by atoms with Crippen LogP contribution in [0.15, 0.2) is 47.1 Å². The molecule has 4 heteroatoms. The minimum absolute atomic E-state index is 0.343. The third-order valence-electron chi connectivity index (χ3n) is 2.90. The Morgan fingerprint density at radius 1 is 1.20 bits per heavy atom. The van der Waals surface area contributed by atoms with Crippen LogP contribution in [0.5, 0.6) is 5.88 Å². The fourth-order valence-corrected chi connectivity index (χ4v) is 2.27. The van der Waals surface area contributed by atoms with Crippen molar-refractivity contribution < 1.29 is 4.74 Å². The lowest BCUT2D eigenvalue weighted by Gasteiger charge is -2.15. The maximum atomic E-state index is 5.33. The number of hydrogen-bond donors (Lipinski definition) is 1. The number of benzene rings is 1. The zero-order chi connectivity index (χ0) is 14.4. The van der Waals surface area contributed by atoms with Gasteiger partial charge in [-0.3, -0.25) is 0 Å². The van der Waals surface area contributed by atoms with Crippen LogP contribution in [0, 0.1) is 0 Å². The van der Waals surface area contributed by atoms with Crippen molar-refractivity contribution in [2.45, 2.75) is 26.3 Å². The van der Waals surface area contributed by atoms with Gasteiger partial charge in [-0.2, -0.15) is 0 Å². The summed E-state index contributed by atoms with van der Waals surface area (Å²) in [5.74, 6) is 0.665. The van der Waals surface area contributed by atoms with Gasteiger partial charge in [0.1, 0.15) is 0 Å². The number of nitrogens with zero attached hydrogens (tertiary/aromatic N) is 1. The summed E-state index contributed by atoms with van der Waals surface area (Å²) in [7, 11) is 0. The average molecular weight is 335 g/mol. The Labute approximate surface area is 128 Å². The Bertz CT molecular complexity index is 525. The Kier molecular flexibility index (Phi) is 5.41. The first-order chi connectivity index (χ1) is 9.67. The molecule has 0 aliphatic heterocycles. The SMILES string of the molecule is CCOc1ccc(NC(C)Cc2ccc(Br)cc2)cn1. The van der Waals surface area contributed by atoms with E-state index in [1.54, 1.807) is 0 Å². The van der Waals surface area contributed by atoms with E-state index in [-0.39, 0.29) is 0 Å². The summed E-state index contributed by atoms with van der Waals surface area (Å²) < 4.78 is 6.44. The van der Waals surface area contributed by atoms with Crippen molar-refractivity contribution in [1.29, 1.82) is 0 Å². The van der Waals surface area contributed by atoms with Gasteiger partial charge in [0, 0.05) is 16.6 Å². The number of ether oxygens (including phenoxy) is 1. The highest BCUT2D eigenvalue weighted by Gasteiger charge is 2.04. The van der Waals surface area contributed by atoms with Gasteiger partial charge >= 0.3 is 0 Å². The highest BCUT2D eigenvalue weighted by Crippen LogP contribution is 2.15. The molecule has 1 N–H and O–H groups in total. The van der Waals surface area contributed by atoms with Crippen LogP contribution in [-0.2, 0) is 6.42 Å². The second-order valence-electron chi connectivity index (χ2n) is 4.69. The van der Waals surface area contributed by atoms with Gasteiger partial charge in [0.2, 0.25) is 5.88 Å². The number of anilines is 1. The number of pyridine rings is 1. The van der Waals surface area contributed by atoms with E-state index in [0.717, 1.165) is 16.6 Å². The second-order valence-corrected chi connectivity index (χ2v) is 5.61. The van der Waals surface area contributed by atoms with E-state index in [0.29, 0.717) is 18.5 Å². The van der Waals surface area contributed by atoms with E-state index < -0.39 is 0 Å². The summed E-state index contributed by atoms with van der Waals surface area (Å²) in [5.41, 5.74) is 2.32. The quantitative estimate of drug-likeness (QED) is 0.855. The minimum Gasteiger partial charge on any atom is -0.478 e. The molecule has 1 aromatic heterocycles. The Morgan fingerprint density at radius 3 is 2.55 bits per heavy atom. The molecule has 0 aliphatic rings. The first-order valence-corrected chi connectivity index (χ1v) is 7.56. The molecular formula is C16H19BrN2O. The fourth-order valence-electron chi connectivity index (χ4n) is 2.01. The molecule has 1 heterocycles. The third-order valence-corrected chi connectivity index (χ3v) is 3.43. The van der Waals surface area contributed by atoms with Crippen molar-refractivity contribution in [2.24, 2.45) is 0 Å². The van der Waals surface area contributed by atoms with Crippen LogP contribution in [-0.4, -0.2) is 17.6 Å². The van der Waals surface area contributed by atoms with Crippen molar-refractivity contribution in [3.05, 3.63) is 52.6 Å². The summed E-state index contributed by atoms with van der Waals surface area (Å²) in [5, 5.41) is 3.44. The van der Waals surface area contributed by atoms with Crippen molar-refractivity contribution >= 4 is 21.6 Å². The molecular weight excluding hydrogens is 316 g/mol. The maximum Gasteiger partial charge on any atom is 0.213 e. The molecule has 0 spiro atoms. The Balaban J connectivity index is 1.90. The summed E-state index contributed by atoms with van der Waals surface area (Å²) in [6.45, 7) is 4.76. The number of rotatable bonds is 6. The summed E-state index contributed by atoms with van der Waals surface area (Å²) in [4.78, 5) is 4.25. The Hall–Kier alpha value is -1.55. The van der Waals surface area contributed by atoms with E-state index in [9.17, 15) is 0 Å². The molecule has 1 atom stereocenters. The molecule has 0 bridgehead atoms. The number of halogens is 1. The minimum atomic E-state index is 0.343. The first kappa shape index (κ1) is 14.9. The predicted octanol–water partition coefficient (Wildman–Crippen LogP) is 4.29. The molecule has 1 unspecified atom stereocenters. The zero-order valence-electron chi connectivity index (χ0n) is 11.8. The molecule has 0 saturated carbocycles. The molecule has 2 rings (SSSR count). The average Bonchev–Trinajstić information content (AvgIpc) is 2.44. The van der Waals surface area contributed by atoms with Crippen LogP contribution in [0.1, 0.15) is 19.4 Å². The molecule has 106 valence electrons. The number of aromatic nitrogens is 1. The van der Waals surface area contributed by atoms with Crippen molar-refractivity contribution in [3.8, 4) is 5.88 Å². The molecule has 0 saturated heterocycles. The lowest BCUT2D eigenvalue weighted by Crippen LogP contribution is -2.18. The van der Waals surface area contributed by atoms with Crippen LogP contribution in [0.3, 0.4) is 0 Å². The maximum absolute atomic E-state index is 5.33. The number of hydrogen-bond acceptors (Lipinski definition) is 3. The van der Waals surface area contributed by atoms with Crippen LogP contribution in [0.4, 0.5) is 5.69 Å². The largest absolute Gasteiger partial charge is 0.478 e. The summed E-state index contributed by atoms with van der Waals surface area (Å²) in [6.07, 6.45) is 2.78. The lowest BCUT2D eigenvalue weighted by molar-refractivity contribution is 0.327. The van der Waals surface area contributed by atoms with Gasteiger partial charge in [-0.1, -0.05) is 28.1 Å². The van der Waals surface area contributed by atoms with Crippen LogP contribution in [0.2, 0.25) is 0 Å². The smallest absolute Gasteiger partial charge is 0.213 e. The summed E-state index contributed by atoms with van der Waals surface area (Å²) in [6, 6.07) is 12.6. The van der Waals surface area contributed by atoms with E-state index in [2.05, 4.69) is 57.4 Å². The molecule has 1 aromatic carbocycles. The first-order valence-electron chi connectivity index (χ1n) is 6.77. The molecule has 20 heavy (non-hydrogen) atoms. The molecule has 0 aliphatic carbocycles. The highest BCUT2D eigenvalue weighted by molar-refractivity contribution is 9.10. The lowest BCUT2D eigenvalue weighted by atomic mass is 10.1. The molecule has 0 fully saturated rings. The van der Waals surface area contributed by atoms with E-state index in [1.807, 2.05) is 25.3 Å². The summed E-state index contributed by atoms with van der Waals surface area (Å²) >= 11 is 3.45. The van der Waals surface area contributed by atoms with E-state index >= 15 is 0 Å². The van der Waals surface area contributed by atoms with Crippen LogP contribution in [0.25, 0.3) is 0 Å². The topological polar surface area (TPSA) is 34.1 Å². The predicted molar refractivity (Wildman–Crippen MR) is 86.3 cm³/mol. The zero-order valence-corrected chi connectivity index (χ0v) is 13.4. The van der Waals surface area contributed by atoms with Gasteiger partial charge in [-0.25, -0.2) is 4.98 Å². The van der Waals surface area contributed by atoms with Gasteiger partial charge in [0.15, 0.2) is 0 Å². The standard InChI is InChI=1S/C16H19BrN2O/c1-3-20-16-9-8-15(11-18-16)19-12(2)10-13-4-6-14(17)7-5-13/h4-9,11-12,19H,3,10H2,1-2H3. The Morgan fingerprint density at radius 2 is 1.95 bits per heavy atom. The molecule has 0 amide bonds. The van der Waals surface area contributed by atoms with Crippen molar-refractivity contribution in [3.63, 3.8) is 0 Å². The molecule has 2 aromatic rings. The van der Waals surface area contributed by atoms with Crippen LogP contribution < -0.4 is 10.1 Å². The third kappa shape index (κ3) is 4.53.